The fourth-order valence-electron chi connectivity index (χ4n) is 1.60. The largest absolute Gasteiger partial charge is 0.349 e. The van der Waals surface area contributed by atoms with Crippen LogP contribution in [0.2, 0.25) is 0 Å². The number of hydrogen-bond donors (Lipinski definition) is 1. The van der Waals surface area contributed by atoms with Crippen molar-refractivity contribution in [1.82, 2.24) is 0 Å². The number of alkyl halides is 1. The van der Waals surface area contributed by atoms with Crippen LogP contribution < -0.4 is 5.32 Å². The van der Waals surface area contributed by atoms with Gasteiger partial charge in [0.2, 0.25) is 5.91 Å². The number of amides is 1. The molecule has 2 rings (SSSR count). The maximum Gasteiger partial charge on any atom is 0.234 e. The van der Waals surface area contributed by atoms with Gasteiger partial charge in [-0.2, -0.15) is 0 Å². The third-order valence-electron chi connectivity index (χ3n) is 2.27. The maximum absolute atomic E-state index is 11.8. The molecule has 14 heavy (non-hydrogen) atoms. The number of nitrogens with one attached hydrogen (secondary N) is 1. The van der Waals surface area contributed by atoms with Gasteiger partial charge >= 0.3 is 0 Å². The van der Waals surface area contributed by atoms with Crippen LogP contribution in [0.3, 0.4) is 0 Å². The normalized spacial score (nSPS) is 19.2. The summed E-state index contributed by atoms with van der Waals surface area (Å²) in [6, 6.07) is 7.36. The van der Waals surface area contributed by atoms with E-state index < -0.39 is 6.86 Å². The predicted molar refractivity (Wildman–Crippen MR) is 49.7 cm³/mol. The Bertz CT molecular complexity index is 354. The SMILES string of the molecule is O=C1Nc2ccccc2C1COCF. The minimum absolute atomic E-state index is 0.0966. The fourth-order valence-corrected chi connectivity index (χ4v) is 1.60. The highest BCUT2D eigenvalue weighted by Crippen LogP contribution is 2.31. The number of hydrogen-bond acceptors (Lipinski definition) is 2. The third-order valence-corrected chi connectivity index (χ3v) is 2.27. The lowest BCUT2D eigenvalue weighted by molar-refractivity contribution is -0.118. The number of anilines is 1. The monoisotopic (exact) mass is 195 g/mol. The average Bonchev–Trinajstić information content (AvgIpc) is 2.51. The second-order valence-electron chi connectivity index (χ2n) is 3.11. The summed E-state index contributed by atoms with van der Waals surface area (Å²) in [7, 11) is 0. The molecule has 1 unspecified atom stereocenters. The Hall–Kier alpha value is -1.42. The summed E-state index contributed by atoms with van der Waals surface area (Å²) in [4.78, 5) is 11.4. The molecule has 1 amide bonds. The number of ether oxygens (including phenoxy) is 1. The Morgan fingerprint density at radius 1 is 1.43 bits per heavy atom. The standard InChI is InChI=1S/C10H10FNO2/c11-6-14-5-8-7-3-1-2-4-9(7)12-10(8)13/h1-4,8H,5-6H2,(H,12,13). The van der Waals surface area contributed by atoms with Gasteiger partial charge in [-0.15, -0.1) is 0 Å². The summed E-state index contributed by atoms with van der Waals surface area (Å²) in [5.41, 5.74) is 1.68. The van der Waals surface area contributed by atoms with Crippen molar-refractivity contribution in [3.63, 3.8) is 0 Å². The molecule has 4 heteroatoms. The summed E-state index contributed by atoms with van der Waals surface area (Å²) in [6.07, 6.45) is 0. The molecule has 1 aliphatic heterocycles. The van der Waals surface area contributed by atoms with E-state index in [0.717, 1.165) is 11.3 Å². The molecule has 1 aliphatic rings. The summed E-state index contributed by atoms with van der Waals surface area (Å²) >= 11 is 0. The molecule has 0 aromatic heterocycles. The number of fused-ring (bicyclic) bond motifs is 1. The van der Waals surface area contributed by atoms with E-state index >= 15 is 0 Å². The first-order valence-corrected chi connectivity index (χ1v) is 4.36. The molecular weight excluding hydrogens is 185 g/mol. The first-order chi connectivity index (χ1) is 6.83. The molecule has 74 valence electrons. The van der Waals surface area contributed by atoms with Gasteiger partial charge in [0.1, 0.15) is 0 Å². The first kappa shape index (κ1) is 9.15. The summed E-state index contributed by atoms with van der Waals surface area (Å²) in [6.45, 7) is -0.759. The van der Waals surface area contributed by atoms with E-state index in [-0.39, 0.29) is 18.4 Å². The smallest absolute Gasteiger partial charge is 0.234 e. The van der Waals surface area contributed by atoms with Crippen molar-refractivity contribution in [3.8, 4) is 0 Å². The third kappa shape index (κ3) is 1.48. The second-order valence-corrected chi connectivity index (χ2v) is 3.11. The zero-order valence-electron chi connectivity index (χ0n) is 7.50. The van der Waals surface area contributed by atoms with Gasteiger partial charge in [-0.25, -0.2) is 4.39 Å². The number of carbonyl (C=O) groups excluding carboxylic acids is 1. The molecule has 0 bridgehead atoms. The van der Waals surface area contributed by atoms with E-state index in [4.69, 9.17) is 0 Å². The van der Waals surface area contributed by atoms with Crippen LogP contribution in [0.15, 0.2) is 24.3 Å². The predicted octanol–water partition coefficient (Wildman–Crippen LogP) is 1.67. The fraction of sp³-hybridized carbons (Fsp3) is 0.300. The van der Waals surface area contributed by atoms with Gasteiger partial charge in [-0.05, 0) is 11.6 Å². The summed E-state index contributed by atoms with van der Waals surface area (Å²) < 4.78 is 16.4. The number of benzene rings is 1. The lowest BCUT2D eigenvalue weighted by Gasteiger charge is -2.06. The number of carbonyl (C=O) groups is 1. The minimum atomic E-state index is -0.855. The minimum Gasteiger partial charge on any atom is -0.349 e. The van der Waals surface area contributed by atoms with Crippen LogP contribution in [0.25, 0.3) is 0 Å². The molecule has 1 heterocycles. The molecule has 1 aromatic carbocycles. The molecule has 0 radical (unpaired) electrons. The Balaban J connectivity index is 2.21. The maximum atomic E-state index is 11.8. The molecule has 0 aliphatic carbocycles. The van der Waals surface area contributed by atoms with E-state index in [2.05, 4.69) is 10.1 Å². The lowest BCUT2D eigenvalue weighted by Crippen LogP contribution is -2.17. The molecule has 1 atom stereocenters. The average molecular weight is 195 g/mol. The lowest BCUT2D eigenvalue weighted by atomic mass is 10.0. The van der Waals surface area contributed by atoms with Crippen LogP contribution in [0.1, 0.15) is 11.5 Å². The number of halogens is 1. The van der Waals surface area contributed by atoms with Crippen LogP contribution in [-0.2, 0) is 9.53 Å². The van der Waals surface area contributed by atoms with Gasteiger partial charge in [-0.1, -0.05) is 18.2 Å². The van der Waals surface area contributed by atoms with E-state index in [0.29, 0.717) is 0 Å². The van der Waals surface area contributed by atoms with Gasteiger partial charge in [0.05, 0.1) is 12.5 Å². The Kier molecular flexibility index (Phi) is 2.45. The van der Waals surface area contributed by atoms with E-state index in [9.17, 15) is 9.18 Å². The van der Waals surface area contributed by atoms with Crippen molar-refractivity contribution in [2.24, 2.45) is 0 Å². The molecule has 0 saturated carbocycles. The van der Waals surface area contributed by atoms with Gasteiger partial charge in [0, 0.05) is 5.69 Å². The van der Waals surface area contributed by atoms with Crippen LogP contribution in [0, 0.1) is 0 Å². The van der Waals surface area contributed by atoms with Crippen molar-refractivity contribution in [1.29, 1.82) is 0 Å². The zero-order valence-corrected chi connectivity index (χ0v) is 7.50. The number of rotatable bonds is 3. The van der Waals surface area contributed by atoms with Gasteiger partial charge in [-0.3, -0.25) is 4.79 Å². The highest BCUT2D eigenvalue weighted by Gasteiger charge is 2.29. The highest BCUT2D eigenvalue weighted by molar-refractivity contribution is 6.02. The molecule has 1 N–H and O–H groups in total. The van der Waals surface area contributed by atoms with Gasteiger partial charge in [0.15, 0.2) is 6.86 Å². The van der Waals surface area contributed by atoms with Crippen molar-refractivity contribution in [2.75, 3.05) is 18.8 Å². The van der Waals surface area contributed by atoms with Crippen LogP contribution in [0.4, 0.5) is 10.1 Å². The quantitative estimate of drug-likeness (QED) is 0.796. The molecule has 0 fully saturated rings. The van der Waals surface area contributed by atoms with Gasteiger partial charge < -0.3 is 10.1 Å². The molecule has 1 aromatic rings. The van der Waals surface area contributed by atoms with Crippen molar-refractivity contribution >= 4 is 11.6 Å². The highest BCUT2D eigenvalue weighted by atomic mass is 19.1. The Morgan fingerprint density at radius 2 is 2.21 bits per heavy atom. The van der Waals surface area contributed by atoms with Crippen LogP contribution >= 0.6 is 0 Å². The van der Waals surface area contributed by atoms with E-state index in [1.165, 1.54) is 0 Å². The van der Waals surface area contributed by atoms with Gasteiger partial charge in [0.25, 0.3) is 0 Å². The first-order valence-electron chi connectivity index (χ1n) is 4.36. The van der Waals surface area contributed by atoms with Crippen LogP contribution in [0.5, 0.6) is 0 Å². The van der Waals surface area contributed by atoms with Crippen molar-refractivity contribution < 1.29 is 13.9 Å². The molecular formula is C10H10FNO2. The molecule has 0 saturated heterocycles. The molecule has 3 nitrogen and oxygen atoms in total. The topological polar surface area (TPSA) is 38.3 Å². The van der Waals surface area contributed by atoms with Crippen molar-refractivity contribution in [3.05, 3.63) is 29.8 Å². The zero-order chi connectivity index (χ0) is 9.97. The van der Waals surface area contributed by atoms with E-state index in [1.807, 2.05) is 24.3 Å². The summed E-state index contributed by atoms with van der Waals surface area (Å²) in [5.74, 6) is -0.499. The summed E-state index contributed by atoms with van der Waals surface area (Å²) in [5, 5.41) is 2.71. The van der Waals surface area contributed by atoms with Crippen molar-refractivity contribution in [2.45, 2.75) is 5.92 Å². The molecule has 0 spiro atoms. The number of para-hydroxylation sites is 1. The van der Waals surface area contributed by atoms with Crippen LogP contribution in [-0.4, -0.2) is 19.4 Å². The van der Waals surface area contributed by atoms with E-state index in [1.54, 1.807) is 0 Å². The second kappa shape index (κ2) is 3.75. The Morgan fingerprint density at radius 3 is 3.00 bits per heavy atom. The Labute approximate surface area is 80.9 Å².